The Bertz CT molecular complexity index is 1670. The number of hydrogen-bond acceptors (Lipinski definition) is 5. The van der Waals surface area contributed by atoms with Crippen molar-refractivity contribution in [3.8, 4) is 5.69 Å². The number of aromatic nitrogens is 3. The van der Waals surface area contributed by atoms with Crippen LogP contribution in [0.4, 0.5) is 10.2 Å². The van der Waals surface area contributed by atoms with Gasteiger partial charge in [-0.1, -0.05) is 30.3 Å². The van der Waals surface area contributed by atoms with Gasteiger partial charge in [0.05, 0.1) is 11.4 Å². The number of hydrogen-bond donors (Lipinski definition) is 1. The van der Waals surface area contributed by atoms with Crippen LogP contribution in [0.25, 0.3) is 16.8 Å². The predicted octanol–water partition coefficient (Wildman–Crippen LogP) is 4.98. The van der Waals surface area contributed by atoms with Crippen molar-refractivity contribution in [2.75, 3.05) is 11.4 Å². The normalized spacial score (nSPS) is 16.2. The molecule has 8 nitrogen and oxygen atoms in total. The van der Waals surface area contributed by atoms with E-state index in [4.69, 9.17) is 9.52 Å². The zero-order valence-electron chi connectivity index (χ0n) is 21.8. The zero-order valence-corrected chi connectivity index (χ0v) is 23.8. The minimum absolute atomic E-state index is 0. The van der Waals surface area contributed by atoms with Crippen LogP contribution in [-0.4, -0.2) is 39.2 Å². The lowest BCUT2D eigenvalue weighted by atomic mass is 9.81. The first-order valence-corrected chi connectivity index (χ1v) is 12.3. The van der Waals surface area contributed by atoms with Crippen LogP contribution in [0.15, 0.2) is 83.6 Å². The zero-order chi connectivity index (χ0) is 26.4. The molecule has 206 valence electrons. The molecule has 0 aliphatic carbocycles. The summed E-state index contributed by atoms with van der Waals surface area (Å²) < 4.78 is 21.0. The second-order valence-electron chi connectivity index (χ2n) is 9.17. The van der Waals surface area contributed by atoms with Crippen molar-refractivity contribution in [2.45, 2.75) is 25.8 Å². The standard InChI is InChI=1S/C29H24FN5O3.2H2S/c1-3-34-28-24(17(2)33-35(28)21-7-5-4-6-8-21)25(18-9-12-20(30)13-10-18)26(29(34)37)32-27(36)19-11-14-22-23(15-19)38-16-31-22;;/h4-16,25-26H,3H2,1-2H3,(H,32,36);2*1H2/t25-,26-;;/m0../s1. The summed E-state index contributed by atoms with van der Waals surface area (Å²) in [6.07, 6.45) is 1.31. The van der Waals surface area contributed by atoms with Gasteiger partial charge >= 0.3 is 0 Å². The van der Waals surface area contributed by atoms with E-state index < -0.39 is 17.9 Å². The van der Waals surface area contributed by atoms with Gasteiger partial charge in [-0.05, 0) is 61.9 Å². The molecular weight excluding hydrogens is 549 g/mol. The van der Waals surface area contributed by atoms with Gasteiger partial charge in [0.15, 0.2) is 12.0 Å². The minimum atomic E-state index is -0.946. The molecule has 3 aromatic carbocycles. The number of carbonyl (C=O) groups excluding carboxylic acids is 2. The van der Waals surface area contributed by atoms with E-state index in [9.17, 15) is 14.0 Å². The summed E-state index contributed by atoms with van der Waals surface area (Å²) in [4.78, 5) is 33.3. The summed E-state index contributed by atoms with van der Waals surface area (Å²) in [5.41, 5.74) is 4.47. The summed E-state index contributed by atoms with van der Waals surface area (Å²) in [5.74, 6) is -1.04. The highest BCUT2D eigenvalue weighted by atomic mass is 32.1. The van der Waals surface area contributed by atoms with E-state index in [1.165, 1.54) is 18.5 Å². The SMILES string of the molecule is CCN1C(=O)[C@@H](NC(=O)c2ccc3ncoc3c2)[C@@H](c2ccc(F)cc2)c2c(C)nn(-c3ccccc3)c21.S.S. The summed E-state index contributed by atoms with van der Waals surface area (Å²) in [6, 6.07) is 19.6. The molecule has 0 radical (unpaired) electrons. The average molecular weight is 578 g/mol. The highest BCUT2D eigenvalue weighted by Crippen LogP contribution is 2.43. The number of rotatable bonds is 5. The molecule has 1 aliphatic rings. The molecule has 11 heteroatoms. The second-order valence-corrected chi connectivity index (χ2v) is 9.17. The van der Waals surface area contributed by atoms with Gasteiger partial charge in [0.1, 0.15) is 23.2 Å². The maximum Gasteiger partial charge on any atom is 0.252 e. The first-order chi connectivity index (χ1) is 18.5. The molecule has 2 atom stereocenters. The lowest BCUT2D eigenvalue weighted by Crippen LogP contribution is -2.55. The fraction of sp³-hybridized carbons (Fsp3) is 0.172. The largest absolute Gasteiger partial charge is 0.443 e. The number of benzene rings is 3. The van der Waals surface area contributed by atoms with Gasteiger partial charge in [0, 0.05) is 23.6 Å². The van der Waals surface area contributed by atoms with Crippen LogP contribution >= 0.6 is 27.0 Å². The highest BCUT2D eigenvalue weighted by molar-refractivity contribution is 7.59. The maximum absolute atomic E-state index is 14.1. The van der Waals surface area contributed by atoms with Crippen molar-refractivity contribution in [3.05, 3.63) is 107 Å². The Kier molecular flexibility index (Phi) is 8.36. The van der Waals surface area contributed by atoms with E-state index in [0.717, 1.165) is 11.3 Å². The molecule has 3 heterocycles. The first kappa shape index (κ1) is 28.9. The van der Waals surface area contributed by atoms with Crippen molar-refractivity contribution in [1.82, 2.24) is 20.1 Å². The molecule has 6 rings (SSSR count). The number of fused-ring (bicyclic) bond motifs is 2. The molecule has 5 aromatic rings. The first-order valence-electron chi connectivity index (χ1n) is 12.3. The smallest absolute Gasteiger partial charge is 0.252 e. The summed E-state index contributed by atoms with van der Waals surface area (Å²) in [6.45, 7) is 4.14. The maximum atomic E-state index is 14.1. The fourth-order valence-corrected chi connectivity index (χ4v) is 5.18. The van der Waals surface area contributed by atoms with Crippen molar-refractivity contribution in [2.24, 2.45) is 0 Å². The molecule has 0 fully saturated rings. The van der Waals surface area contributed by atoms with Crippen LogP contribution in [0.1, 0.15) is 40.0 Å². The minimum Gasteiger partial charge on any atom is -0.443 e. The van der Waals surface area contributed by atoms with Crippen molar-refractivity contribution in [3.63, 3.8) is 0 Å². The summed E-state index contributed by atoms with van der Waals surface area (Å²) in [7, 11) is 0. The third-order valence-corrected chi connectivity index (χ3v) is 6.94. The molecule has 40 heavy (non-hydrogen) atoms. The van der Waals surface area contributed by atoms with E-state index in [-0.39, 0.29) is 38.7 Å². The number of halogens is 1. The molecule has 1 N–H and O–H groups in total. The Morgan fingerprint density at radius 2 is 1.77 bits per heavy atom. The quantitative estimate of drug-likeness (QED) is 0.318. The number of amides is 2. The van der Waals surface area contributed by atoms with E-state index in [1.54, 1.807) is 39.9 Å². The van der Waals surface area contributed by atoms with Crippen molar-refractivity contribution in [1.29, 1.82) is 0 Å². The van der Waals surface area contributed by atoms with Crippen molar-refractivity contribution >= 4 is 55.7 Å². The second kappa shape index (κ2) is 11.6. The molecule has 2 amide bonds. The van der Waals surface area contributed by atoms with Crippen LogP contribution in [0, 0.1) is 12.7 Å². The number of aryl methyl sites for hydroxylation is 1. The van der Waals surface area contributed by atoms with Gasteiger partial charge in [-0.2, -0.15) is 32.1 Å². The fourth-order valence-electron chi connectivity index (χ4n) is 5.18. The van der Waals surface area contributed by atoms with Crippen LogP contribution in [0.3, 0.4) is 0 Å². The average Bonchev–Trinajstić information content (AvgIpc) is 3.54. The van der Waals surface area contributed by atoms with Gasteiger partial charge in [0.25, 0.3) is 11.8 Å². The lowest BCUT2D eigenvalue weighted by molar-refractivity contribution is -0.121. The van der Waals surface area contributed by atoms with Gasteiger partial charge in [-0.3, -0.25) is 14.5 Å². The number of nitrogens with zero attached hydrogens (tertiary/aromatic N) is 4. The van der Waals surface area contributed by atoms with E-state index in [1.807, 2.05) is 44.2 Å². The van der Waals surface area contributed by atoms with Crippen molar-refractivity contribution < 1.29 is 18.4 Å². The third kappa shape index (κ3) is 4.86. The molecule has 0 spiro atoms. The third-order valence-electron chi connectivity index (χ3n) is 6.94. The van der Waals surface area contributed by atoms with Crippen LogP contribution in [0.5, 0.6) is 0 Å². The van der Waals surface area contributed by atoms with Gasteiger partial charge in [-0.15, -0.1) is 0 Å². The molecule has 0 saturated carbocycles. The number of para-hydroxylation sites is 1. The Labute approximate surface area is 244 Å². The molecule has 0 bridgehead atoms. The van der Waals surface area contributed by atoms with Crippen LogP contribution in [0.2, 0.25) is 0 Å². The molecule has 1 aliphatic heterocycles. The van der Waals surface area contributed by atoms with E-state index in [2.05, 4.69) is 10.3 Å². The van der Waals surface area contributed by atoms with E-state index in [0.29, 0.717) is 40.3 Å². The number of anilines is 1. The van der Waals surface area contributed by atoms with Crippen LogP contribution < -0.4 is 10.2 Å². The predicted molar refractivity (Wildman–Crippen MR) is 161 cm³/mol. The number of likely N-dealkylation sites (N-methyl/N-ethyl adjacent to an activating group) is 1. The number of oxazole rings is 1. The Morgan fingerprint density at radius 1 is 1.05 bits per heavy atom. The topological polar surface area (TPSA) is 93.3 Å². The summed E-state index contributed by atoms with van der Waals surface area (Å²) in [5, 5.41) is 7.77. The van der Waals surface area contributed by atoms with Crippen LogP contribution in [-0.2, 0) is 4.79 Å². The molecular formula is C29H28FN5O3S2. The number of nitrogens with one attached hydrogen (secondary N) is 1. The molecule has 0 unspecified atom stereocenters. The summed E-state index contributed by atoms with van der Waals surface area (Å²) >= 11 is 0. The Balaban J connectivity index is 0.00000185. The Hall–Kier alpha value is -4.09. The molecule has 0 saturated heterocycles. The van der Waals surface area contributed by atoms with E-state index >= 15 is 0 Å². The van der Waals surface area contributed by atoms with Gasteiger partial charge < -0.3 is 9.73 Å². The Morgan fingerprint density at radius 3 is 2.48 bits per heavy atom. The van der Waals surface area contributed by atoms with Gasteiger partial charge in [0.2, 0.25) is 0 Å². The lowest BCUT2D eigenvalue weighted by Gasteiger charge is -2.38. The molecule has 2 aromatic heterocycles. The van der Waals surface area contributed by atoms with Gasteiger partial charge in [-0.25, -0.2) is 14.1 Å². The highest BCUT2D eigenvalue weighted by Gasteiger charge is 2.45. The monoisotopic (exact) mass is 577 g/mol. The number of carbonyl (C=O) groups is 2.